The summed E-state index contributed by atoms with van der Waals surface area (Å²) in [6.07, 6.45) is 0. The summed E-state index contributed by atoms with van der Waals surface area (Å²) in [6.45, 7) is 0. The zero-order chi connectivity index (χ0) is 13.4. The average Bonchev–Trinajstić information content (AvgIpc) is 2.36. The average molecular weight is 342 g/mol. The van der Waals surface area contributed by atoms with Crippen molar-refractivity contribution in [1.29, 1.82) is 0 Å². The molecule has 0 heterocycles. The first-order valence-corrected chi connectivity index (χ1v) is 6.64. The third-order valence-electron chi connectivity index (χ3n) is 2.38. The Hall–Kier alpha value is -0.310. The van der Waals surface area contributed by atoms with Gasteiger partial charge in [-0.25, -0.2) is 0 Å². The van der Waals surface area contributed by atoms with Gasteiger partial charge in [0.1, 0.15) is 5.75 Å². The largest absolute Gasteiger partial charge is 0.507 e. The van der Waals surface area contributed by atoms with E-state index < -0.39 is 0 Å². The molecule has 0 amide bonds. The second-order valence-corrected chi connectivity index (χ2v) is 5.35. The maximum Gasteiger partial charge on any atom is 0.123 e. The Morgan fingerprint density at radius 1 is 0.667 bits per heavy atom. The molecule has 0 aromatic heterocycles. The van der Waals surface area contributed by atoms with Gasteiger partial charge in [0.15, 0.2) is 0 Å². The molecular weight excluding hydrogens is 337 g/mol. The van der Waals surface area contributed by atoms with E-state index >= 15 is 0 Å². The first-order chi connectivity index (χ1) is 8.45. The first kappa shape index (κ1) is 14.1. The number of aromatic hydroxyl groups is 1. The number of rotatable bonds is 1. The van der Waals surface area contributed by atoms with E-state index in [0.29, 0.717) is 11.1 Å². The number of hydrogen-bond acceptors (Lipinski definition) is 1. The lowest BCUT2D eigenvalue weighted by Gasteiger charge is -2.13. The maximum absolute atomic E-state index is 9.83. The molecule has 0 bridgehead atoms. The van der Waals surface area contributed by atoms with Gasteiger partial charge in [-0.1, -0.05) is 76.2 Å². The molecule has 0 aliphatic heterocycles. The fraction of sp³-hybridized carbons (Fsp3) is 0. The van der Waals surface area contributed by atoms with Gasteiger partial charge in [0.2, 0.25) is 0 Å². The highest BCUT2D eigenvalue weighted by molar-refractivity contribution is 6.56. The van der Waals surface area contributed by atoms with Gasteiger partial charge in [-0.05, 0) is 6.07 Å². The second-order valence-electron chi connectivity index (χ2n) is 3.46. The second kappa shape index (κ2) is 5.36. The van der Waals surface area contributed by atoms with Crippen LogP contribution in [0.3, 0.4) is 0 Å². The number of benzene rings is 2. The van der Waals surface area contributed by atoms with Crippen LogP contribution in [0, 0.1) is 0 Å². The van der Waals surface area contributed by atoms with Crippen LogP contribution in [0.1, 0.15) is 0 Å². The molecule has 18 heavy (non-hydrogen) atoms. The lowest BCUT2D eigenvalue weighted by atomic mass is 10.0. The molecule has 0 saturated heterocycles. The molecule has 0 aliphatic carbocycles. The summed E-state index contributed by atoms with van der Waals surface area (Å²) < 4.78 is 0. The van der Waals surface area contributed by atoms with E-state index in [0.717, 1.165) is 0 Å². The van der Waals surface area contributed by atoms with Crippen LogP contribution in [0.15, 0.2) is 24.3 Å². The molecule has 0 aliphatic rings. The Balaban J connectivity index is 2.85. The van der Waals surface area contributed by atoms with Crippen molar-refractivity contribution in [2.75, 3.05) is 0 Å². The number of halogens is 5. The topological polar surface area (TPSA) is 20.2 Å². The molecule has 1 N–H and O–H groups in total. The lowest BCUT2D eigenvalue weighted by molar-refractivity contribution is 0.477. The van der Waals surface area contributed by atoms with Gasteiger partial charge >= 0.3 is 0 Å². The highest BCUT2D eigenvalue weighted by atomic mass is 35.5. The summed E-state index contributed by atoms with van der Waals surface area (Å²) in [5, 5.41) is 10.4. The van der Waals surface area contributed by atoms with E-state index in [1.165, 1.54) is 6.07 Å². The predicted octanol–water partition coefficient (Wildman–Crippen LogP) is 6.33. The number of hydrogen-bond donors (Lipinski definition) is 1. The minimum absolute atomic E-state index is 0.0238. The van der Waals surface area contributed by atoms with Crippen molar-refractivity contribution in [2.45, 2.75) is 0 Å². The van der Waals surface area contributed by atoms with Crippen LogP contribution in [-0.2, 0) is 0 Å². The van der Waals surface area contributed by atoms with Gasteiger partial charge in [-0.3, -0.25) is 0 Å². The summed E-state index contributed by atoms with van der Waals surface area (Å²) in [5.41, 5.74) is 0.795. The zero-order valence-corrected chi connectivity index (χ0v) is 12.4. The fourth-order valence-corrected chi connectivity index (χ4v) is 2.87. The Bertz CT molecular complexity index is 595. The molecule has 2 rings (SSSR count). The Morgan fingerprint density at radius 2 is 1.11 bits per heavy atom. The molecule has 0 radical (unpaired) electrons. The van der Waals surface area contributed by atoms with E-state index in [2.05, 4.69) is 0 Å². The van der Waals surface area contributed by atoms with Crippen LogP contribution in [0.4, 0.5) is 0 Å². The van der Waals surface area contributed by atoms with Crippen molar-refractivity contribution in [3.8, 4) is 16.9 Å². The minimum Gasteiger partial charge on any atom is -0.507 e. The van der Waals surface area contributed by atoms with Crippen LogP contribution < -0.4 is 0 Å². The standard InChI is InChI=1S/C12H5Cl5O/c13-8-7(5-3-1-2-4-6(5)18)9(14)11(16)12(17)10(8)15/h1-4,18H. The Labute approximate surface area is 129 Å². The molecular formula is C12H5Cl5O. The molecule has 0 fully saturated rings. The number of phenols is 1. The van der Waals surface area contributed by atoms with Gasteiger partial charge in [-0.2, -0.15) is 0 Å². The van der Waals surface area contributed by atoms with Gasteiger partial charge in [-0.15, -0.1) is 0 Å². The quantitative estimate of drug-likeness (QED) is 0.474. The number of phenolic OH excluding ortho intramolecular Hbond substituents is 1. The van der Waals surface area contributed by atoms with E-state index in [9.17, 15) is 5.11 Å². The molecule has 1 nitrogen and oxygen atoms in total. The smallest absolute Gasteiger partial charge is 0.123 e. The molecule has 2 aromatic rings. The first-order valence-electron chi connectivity index (χ1n) is 4.75. The van der Waals surface area contributed by atoms with Crippen LogP contribution in [-0.4, -0.2) is 5.11 Å². The van der Waals surface area contributed by atoms with Crippen LogP contribution in [0.2, 0.25) is 25.1 Å². The van der Waals surface area contributed by atoms with Gasteiger partial charge in [0, 0.05) is 11.1 Å². The third-order valence-corrected chi connectivity index (χ3v) is 4.66. The lowest BCUT2D eigenvalue weighted by Crippen LogP contribution is -1.87. The van der Waals surface area contributed by atoms with Crippen molar-refractivity contribution < 1.29 is 5.11 Å². The fourth-order valence-electron chi connectivity index (χ4n) is 1.53. The maximum atomic E-state index is 9.83. The third kappa shape index (κ3) is 2.26. The molecule has 0 spiro atoms. The molecule has 6 heteroatoms. The minimum atomic E-state index is 0.0238. The summed E-state index contributed by atoms with van der Waals surface area (Å²) in [4.78, 5) is 0. The van der Waals surface area contributed by atoms with E-state index in [-0.39, 0.29) is 30.9 Å². The Kier molecular flexibility index (Phi) is 4.20. The monoisotopic (exact) mass is 340 g/mol. The van der Waals surface area contributed by atoms with Crippen LogP contribution in [0.5, 0.6) is 5.75 Å². The molecule has 2 aromatic carbocycles. The molecule has 94 valence electrons. The molecule has 0 atom stereocenters. The highest BCUT2D eigenvalue weighted by Crippen LogP contribution is 2.49. The van der Waals surface area contributed by atoms with Crippen molar-refractivity contribution in [1.82, 2.24) is 0 Å². The van der Waals surface area contributed by atoms with Gasteiger partial charge < -0.3 is 5.11 Å². The normalized spacial score (nSPS) is 10.7. The zero-order valence-electron chi connectivity index (χ0n) is 8.65. The predicted molar refractivity (Wildman–Crippen MR) is 78.6 cm³/mol. The highest BCUT2D eigenvalue weighted by Gasteiger charge is 2.21. The van der Waals surface area contributed by atoms with Crippen molar-refractivity contribution in [3.63, 3.8) is 0 Å². The molecule has 0 saturated carbocycles. The van der Waals surface area contributed by atoms with Gasteiger partial charge in [0.25, 0.3) is 0 Å². The van der Waals surface area contributed by atoms with E-state index in [1.54, 1.807) is 18.2 Å². The summed E-state index contributed by atoms with van der Waals surface area (Å²) in [7, 11) is 0. The van der Waals surface area contributed by atoms with Crippen LogP contribution >= 0.6 is 58.0 Å². The summed E-state index contributed by atoms with van der Waals surface area (Å²) >= 11 is 30.1. The van der Waals surface area contributed by atoms with Crippen molar-refractivity contribution >= 4 is 58.0 Å². The van der Waals surface area contributed by atoms with Crippen molar-refractivity contribution in [2.24, 2.45) is 0 Å². The number of para-hydroxylation sites is 1. The SMILES string of the molecule is Oc1ccccc1-c1c(Cl)c(Cl)c(Cl)c(Cl)c1Cl. The van der Waals surface area contributed by atoms with Crippen LogP contribution in [0.25, 0.3) is 11.1 Å². The summed E-state index contributed by atoms with van der Waals surface area (Å²) in [6, 6.07) is 6.58. The van der Waals surface area contributed by atoms with E-state index in [4.69, 9.17) is 58.0 Å². The Morgan fingerprint density at radius 3 is 1.61 bits per heavy atom. The summed E-state index contributed by atoms with van der Waals surface area (Å²) in [5.74, 6) is 0.0238. The molecule has 0 unspecified atom stereocenters. The van der Waals surface area contributed by atoms with Crippen molar-refractivity contribution in [3.05, 3.63) is 49.4 Å². The van der Waals surface area contributed by atoms with Gasteiger partial charge in [0.05, 0.1) is 25.1 Å². The van der Waals surface area contributed by atoms with E-state index in [1.807, 2.05) is 0 Å².